The number of rotatable bonds is 0. The average molecular weight is 564 g/mol. The molecule has 0 fully saturated rings. The Hall–Kier alpha value is -3.14. The maximum absolute atomic E-state index is 6.55. The second-order valence-corrected chi connectivity index (χ2v) is 11.0. The Bertz CT molecular complexity index is 1790. The molecule has 0 saturated heterocycles. The van der Waals surface area contributed by atoms with E-state index in [0.717, 1.165) is 20.1 Å². The highest BCUT2D eigenvalue weighted by molar-refractivity contribution is 9.10. The molecule has 0 atom stereocenters. The van der Waals surface area contributed by atoms with E-state index in [9.17, 15) is 0 Å². The second-order valence-electron chi connectivity index (χ2n) is 9.14. The van der Waals surface area contributed by atoms with E-state index in [1.54, 1.807) is 0 Å². The molecule has 0 unspecified atom stereocenters. The van der Waals surface area contributed by atoms with E-state index in [1.807, 2.05) is 6.07 Å². The summed E-state index contributed by atoms with van der Waals surface area (Å²) in [6.45, 7) is 0. The summed E-state index contributed by atoms with van der Waals surface area (Å²) >= 11 is 7.44. The number of fused-ring (bicyclic) bond motifs is 14. The summed E-state index contributed by atoms with van der Waals surface area (Å²) < 4.78 is 8.74. The maximum Gasteiger partial charge on any atom is 0.143 e. The molecule has 3 heteroatoms. The zero-order chi connectivity index (χ0) is 22.6. The fourth-order valence-corrected chi connectivity index (χ4v) is 7.12. The summed E-state index contributed by atoms with van der Waals surface area (Å²) in [5, 5.41) is 2.34. The third-order valence-corrected chi connectivity index (χ3v) is 8.60. The first-order valence-electron chi connectivity index (χ1n) is 11.3. The molecule has 1 nitrogen and oxygen atoms in total. The summed E-state index contributed by atoms with van der Waals surface area (Å²) in [6, 6.07) is 35.2. The third kappa shape index (κ3) is 2.16. The molecule has 0 saturated carbocycles. The molecule has 5 aromatic carbocycles. The highest BCUT2D eigenvalue weighted by atomic mass is 79.9. The first-order valence-corrected chi connectivity index (χ1v) is 12.9. The van der Waals surface area contributed by atoms with Gasteiger partial charge in [-0.3, -0.25) is 0 Å². The van der Waals surface area contributed by atoms with Crippen molar-refractivity contribution >= 4 is 53.8 Å². The molecular weight excluding hydrogens is 548 g/mol. The Morgan fingerprint density at radius 3 is 1.91 bits per heavy atom. The van der Waals surface area contributed by atoms with E-state index in [0.29, 0.717) is 0 Å². The molecule has 2 aliphatic carbocycles. The van der Waals surface area contributed by atoms with Gasteiger partial charge >= 0.3 is 0 Å². The lowest BCUT2D eigenvalue weighted by Gasteiger charge is -2.30. The van der Waals surface area contributed by atoms with E-state index in [4.69, 9.17) is 4.42 Å². The number of furan rings is 1. The molecule has 160 valence electrons. The van der Waals surface area contributed by atoms with Crippen molar-refractivity contribution in [3.63, 3.8) is 0 Å². The van der Waals surface area contributed by atoms with Crippen molar-refractivity contribution in [3.8, 4) is 22.3 Å². The minimum absolute atomic E-state index is 0.370. The van der Waals surface area contributed by atoms with Gasteiger partial charge in [0.1, 0.15) is 11.2 Å². The third-order valence-electron chi connectivity index (χ3n) is 7.61. The standard InChI is InChI=1S/C31H16Br2O/c32-17-9-12-25-22(15-17)23-16-18(33)10-13-26(23)31(25)24-7-3-1-6-21(24)29-27(31)14-11-20-19-5-2-4-8-28(19)34-30(20)29/h1-16H. The minimum Gasteiger partial charge on any atom is -0.455 e. The molecule has 0 radical (unpaired) electrons. The Morgan fingerprint density at radius 2 is 1.15 bits per heavy atom. The topological polar surface area (TPSA) is 13.1 Å². The van der Waals surface area contributed by atoms with E-state index < -0.39 is 0 Å². The van der Waals surface area contributed by atoms with Crippen molar-refractivity contribution in [2.24, 2.45) is 0 Å². The Labute approximate surface area is 213 Å². The molecule has 1 heterocycles. The molecule has 6 aromatic rings. The van der Waals surface area contributed by atoms with Crippen LogP contribution in [0.4, 0.5) is 0 Å². The number of hydrogen-bond donors (Lipinski definition) is 0. The molecule has 2 aliphatic rings. The molecule has 0 N–H and O–H groups in total. The highest BCUT2D eigenvalue weighted by Gasteiger charge is 2.52. The molecule has 0 aliphatic heterocycles. The zero-order valence-electron chi connectivity index (χ0n) is 17.9. The van der Waals surface area contributed by atoms with Crippen LogP contribution in [0.15, 0.2) is 110 Å². The normalized spacial score (nSPS) is 14.4. The second kappa shape index (κ2) is 6.50. The van der Waals surface area contributed by atoms with Crippen molar-refractivity contribution in [1.82, 2.24) is 0 Å². The maximum atomic E-state index is 6.55. The van der Waals surface area contributed by atoms with Gasteiger partial charge in [-0.2, -0.15) is 0 Å². The van der Waals surface area contributed by atoms with Gasteiger partial charge in [0.15, 0.2) is 0 Å². The SMILES string of the molecule is Brc1ccc2c(c1)-c1cc(Br)ccc1C21c2ccccc2-c2c1ccc1c2oc2ccccc21. The smallest absolute Gasteiger partial charge is 0.143 e. The highest BCUT2D eigenvalue weighted by Crippen LogP contribution is 2.64. The van der Waals surface area contributed by atoms with Crippen LogP contribution < -0.4 is 0 Å². The number of hydrogen-bond acceptors (Lipinski definition) is 1. The van der Waals surface area contributed by atoms with Crippen molar-refractivity contribution in [3.05, 3.63) is 128 Å². The fourth-order valence-electron chi connectivity index (χ4n) is 6.40. The molecule has 0 bridgehead atoms. The van der Waals surface area contributed by atoms with Crippen LogP contribution in [-0.2, 0) is 5.41 Å². The quantitative estimate of drug-likeness (QED) is 0.179. The van der Waals surface area contributed by atoms with E-state index >= 15 is 0 Å². The number of benzene rings is 5. The molecule has 0 amide bonds. The van der Waals surface area contributed by atoms with Gasteiger partial charge < -0.3 is 4.42 Å². The van der Waals surface area contributed by atoms with E-state index in [2.05, 4.69) is 123 Å². The Balaban J connectivity index is 1.61. The summed E-state index contributed by atoms with van der Waals surface area (Å²) in [7, 11) is 0. The van der Waals surface area contributed by atoms with E-state index in [1.165, 1.54) is 55.3 Å². The van der Waals surface area contributed by atoms with Crippen LogP contribution in [0.3, 0.4) is 0 Å². The number of halogens is 2. The van der Waals surface area contributed by atoms with Crippen molar-refractivity contribution < 1.29 is 4.42 Å². The first kappa shape index (κ1) is 19.2. The van der Waals surface area contributed by atoms with Crippen LogP contribution in [0.25, 0.3) is 44.2 Å². The largest absolute Gasteiger partial charge is 0.455 e. The summed E-state index contributed by atoms with van der Waals surface area (Å²) in [6.07, 6.45) is 0. The van der Waals surface area contributed by atoms with Crippen molar-refractivity contribution in [2.75, 3.05) is 0 Å². The summed E-state index contributed by atoms with van der Waals surface area (Å²) in [5.41, 5.74) is 11.8. The fraction of sp³-hybridized carbons (Fsp3) is 0.0323. The van der Waals surface area contributed by atoms with Crippen LogP contribution in [0.1, 0.15) is 22.3 Å². The van der Waals surface area contributed by atoms with Gasteiger partial charge in [0.2, 0.25) is 0 Å². The zero-order valence-corrected chi connectivity index (χ0v) is 21.1. The van der Waals surface area contributed by atoms with Crippen LogP contribution in [0.5, 0.6) is 0 Å². The minimum atomic E-state index is -0.370. The van der Waals surface area contributed by atoms with Crippen LogP contribution >= 0.6 is 31.9 Å². The van der Waals surface area contributed by atoms with Gasteiger partial charge in [0.05, 0.1) is 5.41 Å². The monoisotopic (exact) mass is 562 g/mol. The molecule has 1 aromatic heterocycles. The lowest BCUT2D eigenvalue weighted by atomic mass is 9.70. The van der Waals surface area contributed by atoms with Crippen molar-refractivity contribution in [2.45, 2.75) is 5.41 Å². The van der Waals surface area contributed by atoms with Crippen molar-refractivity contribution in [1.29, 1.82) is 0 Å². The lowest BCUT2D eigenvalue weighted by molar-refractivity contribution is 0.669. The predicted molar refractivity (Wildman–Crippen MR) is 145 cm³/mol. The molecule has 34 heavy (non-hydrogen) atoms. The van der Waals surface area contributed by atoms with Gasteiger partial charge in [0.25, 0.3) is 0 Å². The van der Waals surface area contributed by atoms with Gasteiger partial charge in [-0.15, -0.1) is 0 Å². The van der Waals surface area contributed by atoms with E-state index in [-0.39, 0.29) is 5.41 Å². The Kier molecular flexibility index (Phi) is 3.67. The lowest BCUT2D eigenvalue weighted by Crippen LogP contribution is -2.25. The summed E-state index contributed by atoms with van der Waals surface area (Å²) in [5.74, 6) is 0. The predicted octanol–water partition coefficient (Wildman–Crippen LogP) is 9.45. The van der Waals surface area contributed by atoms with Crippen LogP contribution in [-0.4, -0.2) is 0 Å². The first-order chi connectivity index (χ1) is 16.7. The number of para-hydroxylation sites is 1. The molecular formula is C31H16Br2O. The van der Waals surface area contributed by atoms with Crippen LogP contribution in [0, 0.1) is 0 Å². The molecule has 8 rings (SSSR count). The van der Waals surface area contributed by atoms with Gasteiger partial charge in [-0.25, -0.2) is 0 Å². The summed E-state index contributed by atoms with van der Waals surface area (Å²) in [4.78, 5) is 0. The molecule has 1 spiro atoms. The van der Waals surface area contributed by atoms with Gasteiger partial charge in [-0.05, 0) is 69.3 Å². The average Bonchev–Trinajstić information content (AvgIpc) is 3.47. The Morgan fingerprint density at radius 1 is 0.529 bits per heavy atom. The van der Waals surface area contributed by atoms with Gasteiger partial charge in [0, 0.05) is 25.3 Å². The van der Waals surface area contributed by atoms with Crippen LogP contribution in [0.2, 0.25) is 0 Å². The van der Waals surface area contributed by atoms with Gasteiger partial charge in [-0.1, -0.05) is 98.6 Å².